The first-order valence-corrected chi connectivity index (χ1v) is 5.99. The van der Waals surface area contributed by atoms with E-state index in [1.807, 2.05) is 13.8 Å². The maximum Gasteiger partial charge on any atom is 0.252 e. The van der Waals surface area contributed by atoms with Gasteiger partial charge >= 0.3 is 0 Å². The van der Waals surface area contributed by atoms with Crippen molar-refractivity contribution in [3.05, 3.63) is 33.3 Å². The predicted molar refractivity (Wildman–Crippen MR) is 77.0 cm³/mol. The number of hydrogen-bond donors (Lipinski definition) is 2. The number of nitrogens with two attached hydrogens (primary N) is 1. The van der Waals surface area contributed by atoms with Crippen LogP contribution in [0, 0.1) is 0 Å². The normalized spacial score (nSPS) is 10.6. The molecular weight excluding hydrogens is 327 g/mol. The summed E-state index contributed by atoms with van der Waals surface area (Å²) in [6, 6.07) is 5.22. The third kappa shape index (κ3) is 5.25. The van der Waals surface area contributed by atoms with Gasteiger partial charge in [0.15, 0.2) is 0 Å². The Kier molecular flexibility index (Phi) is 6.48. The van der Waals surface area contributed by atoms with Gasteiger partial charge in [-0.3, -0.25) is 4.79 Å². The molecule has 6 heteroatoms. The van der Waals surface area contributed by atoms with Gasteiger partial charge in [-0.1, -0.05) is 17.7 Å². The van der Waals surface area contributed by atoms with Gasteiger partial charge in [-0.25, -0.2) is 0 Å². The molecule has 0 aliphatic rings. The van der Waals surface area contributed by atoms with E-state index in [-0.39, 0.29) is 18.3 Å². The maximum atomic E-state index is 11.8. The quantitative estimate of drug-likeness (QED) is 0.887. The van der Waals surface area contributed by atoms with Crippen LogP contribution in [0.1, 0.15) is 24.2 Å². The fraction of sp³-hybridized carbons (Fsp3) is 0.364. The molecule has 1 aromatic rings. The maximum absolute atomic E-state index is 11.8. The largest absolute Gasteiger partial charge is 0.350 e. The van der Waals surface area contributed by atoms with E-state index in [0.717, 1.165) is 0 Å². The second-order valence-electron chi connectivity index (χ2n) is 4.27. The summed E-state index contributed by atoms with van der Waals surface area (Å²) in [5.74, 6) is -0.218. The average Bonchev–Trinajstić information content (AvgIpc) is 2.17. The Morgan fingerprint density at radius 2 is 2.12 bits per heavy atom. The van der Waals surface area contributed by atoms with Crippen molar-refractivity contribution in [2.24, 2.45) is 5.73 Å². The minimum absolute atomic E-state index is 0. The van der Waals surface area contributed by atoms with E-state index >= 15 is 0 Å². The number of carbonyl (C=O) groups excluding carboxylic acids is 1. The number of carbonyl (C=O) groups is 1. The molecule has 0 saturated heterocycles. The first kappa shape index (κ1) is 16.7. The van der Waals surface area contributed by atoms with E-state index in [4.69, 9.17) is 17.3 Å². The van der Waals surface area contributed by atoms with Gasteiger partial charge in [0.25, 0.3) is 5.91 Å². The van der Waals surface area contributed by atoms with Crippen LogP contribution >= 0.6 is 39.9 Å². The molecule has 1 aromatic carbocycles. The van der Waals surface area contributed by atoms with Crippen LogP contribution in [-0.4, -0.2) is 18.0 Å². The van der Waals surface area contributed by atoms with E-state index in [9.17, 15) is 4.79 Å². The predicted octanol–water partition coefficient (Wildman–Crippen LogP) is 2.99. The lowest BCUT2D eigenvalue weighted by Crippen LogP contribution is -2.45. The standard InChI is InChI=1S/C11H14BrClN2O.ClH/c1-11(2,14)6-15-10(16)7-4-3-5-8(12)9(7)13;/h3-5H,6,14H2,1-2H3,(H,15,16);1H. The smallest absolute Gasteiger partial charge is 0.252 e. The molecule has 96 valence electrons. The van der Waals surface area contributed by atoms with Crippen LogP contribution in [0.2, 0.25) is 5.02 Å². The summed E-state index contributed by atoms with van der Waals surface area (Å²) >= 11 is 9.27. The van der Waals surface area contributed by atoms with Gasteiger partial charge in [-0.15, -0.1) is 12.4 Å². The van der Waals surface area contributed by atoms with Gasteiger partial charge in [0.05, 0.1) is 10.6 Å². The van der Waals surface area contributed by atoms with E-state index in [2.05, 4.69) is 21.2 Å². The molecule has 0 unspecified atom stereocenters. The van der Waals surface area contributed by atoms with Crippen LogP contribution in [0.25, 0.3) is 0 Å². The topological polar surface area (TPSA) is 55.1 Å². The number of amides is 1. The van der Waals surface area contributed by atoms with Gasteiger partial charge in [-0.05, 0) is 41.9 Å². The molecule has 0 aromatic heterocycles. The molecule has 0 bridgehead atoms. The van der Waals surface area contributed by atoms with Crippen molar-refractivity contribution in [3.8, 4) is 0 Å². The third-order valence-corrected chi connectivity index (χ3v) is 3.20. The zero-order chi connectivity index (χ0) is 12.3. The zero-order valence-corrected chi connectivity index (χ0v) is 12.7. The Balaban J connectivity index is 0.00000256. The number of hydrogen-bond acceptors (Lipinski definition) is 2. The first-order chi connectivity index (χ1) is 7.31. The number of benzene rings is 1. The molecule has 1 amide bonds. The summed E-state index contributed by atoms with van der Waals surface area (Å²) < 4.78 is 0.703. The summed E-state index contributed by atoms with van der Waals surface area (Å²) in [4.78, 5) is 11.8. The van der Waals surface area contributed by atoms with E-state index < -0.39 is 5.54 Å². The molecule has 0 aliphatic heterocycles. The van der Waals surface area contributed by atoms with Crippen molar-refractivity contribution >= 4 is 45.8 Å². The summed E-state index contributed by atoms with van der Waals surface area (Å²) in [7, 11) is 0. The lowest BCUT2D eigenvalue weighted by Gasteiger charge is -2.19. The molecule has 3 nitrogen and oxygen atoms in total. The second kappa shape index (κ2) is 6.59. The van der Waals surface area contributed by atoms with Crippen molar-refractivity contribution in [3.63, 3.8) is 0 Å². The molecule has 3 N–H and O–H groups in total. The number of rotatable bonds is 3. The Morgan fingerprint density at radius 1 is 1.53 bits per heavy atom. The summed E-state index contributed by atoms with van der Waals surface area (Å²) in [6.07, 6.45) is 0. The zero-order valence-electron chi connectivity index (χ0n) is 9.59. The van der Waals surface area contributed by atoms with Crippen LogP contribution in [-0.2, 0) is 0 Å². The van der Waals surface area contributed by atoms with Gasteiger partial charge < -0.3 is 11.1 Å². The van der Waals surface area contributed by atoms with E-state index in [1.165, 1.54) is 0 Å². The van der Waals surface area contributed by atoms with Crippen LogP contribution in [0.5, 0.6) is 0 Å². The van der Waals surface area contributed by atoms with Crippen molar-refractivity contribution in [1.82, 2.24) is 5.32 Å². The Hall–Kier alpha value is -0.290. The number of nitrogens with one attached hydrogen (secondary N) is 1. The summed E-state index contributed by atoms with van der Waals surface area (Å²) in [5, 5.41) is 3.15. The van der Waals surface area contributed by atoms with Gasteiger partial charge in [0.1, 0.15) is 0 Å². The molecule has 1 rings (SSSR count). The van der Waals surface area contributed by atoms with Crippen molar-refractivity contribution in [1.29, 1.82) is 0 Å². The molecule has 0 saturated carbocycles. The highest BCUT2D eigenvalue weighted by Crippen LogP contribution is 2.25. The Morgan fingerprint density at radius 3 is 2.65 bits per heavy atom. The highest BCUT2D eigenvalue weighted by atomic mass is 79.9. The molecule has 0 aliphatic carbocycles. The molecule has 0 heterocycles. The molecule has 0 atom stereocenters. The fourth-order valence-corrected chi connectivity index (χ4v) is 1.66. The second-order valence-corrected chi connectivity index (χ2v) is 5.50. The third-order valence-electron chi connectivity index (χ3n) is 1.90. The lowest BCUT2D eigenvalue weighted by atomic mass is 10.1. The molecule has 0 fully saturated rings. The van der Waals surface area contributed by atoms with Crippen molar-refractivity contribution in [2.45, 2.75) is 19.4 Å². The highest BCUT2D eigenvalue weighted by molar-refractivity contribution is 9.10. The minimum atomic E-state index is -0.436. The van der Waals surface area contributed by atoms with Gasteiger partial charge in [-0.2, -0.15) is 0 Å². The average molecular weight is 342 g/mol. The van der Waals surface area contributed by atoms with Crippen molar-refractivity contribution < 1.29 is 4.79 Å². The highest BCUT2D eigenvalue weighted by Gasteiger charge is 2.16. The SMILES string of the molecule is CC(C)(N)CNC(=O)c1cccc(Br)c1Cl.Cl. The molecule has 17 heavy (non-hydrogen) atoms. The minimum Gasteiger partial charge on any atom is -0.350 e. The van der Waals surface area contributed by atoms with Crippen LogP contribution in [0.4, 0.5) is 0 Å². The summed E-state index contributed by atoms with van der Waals surface area (Å²) in [5.41, 5.74) is 5.78. The van der Waals surface area contributed by atoms with Gasteiger partial charge in [0, 0.05) is 16.6 Å². The fourth-order valence-electron chi connectivity index (χ4n) is 1.08. The first-order valence-electron chi connectivity index (χ1n) is 4.82. The number of halogens is 3. The van der Waals surface area contributed by atoms with Crippen LogP contribution in [0.15, 0.2) is 22.7 Å². The van der Waals surface area contributed by atoms with E-state index in [1.54, 1.807) is 18.2 Å². The van der Waals surface area contributed by atoms with Crippen LogP contribution < -0.4 is 11.1 Å². The molecular formula is C11H15BrCl2N2O. The monoisotopic (exact) mass is 340 g/mol. The lowest BCUT2D eigenvalue weighted by molar-refractivity contribution is 0.0946. The molecule has 0 radical (unpaired) electrons. The summed E-state index contributed by atoms with van der Waals surface area (Å²) in [6.45, 7) is 4.08. The van der Waals surface area contributed by atoms with E-state index in [0.29, 0.717) is 21.6 Å². The van der Waals surface area contributed by atoms with Crippen LogP contribution in [0.3, 0.4) is 0 Å². The van der Waals surface area contributed by atoms with Gasteiger partial charge in [0.2, 0.25) is 0 Å². The Labute approximate surface area is 121 Å². The van der Waals surface area contributed by atoms with Crippen molar-refractivity contribution in [2.75, 3.05) is 6.54 Å². The Bertz CT molecular complexity index is 405. The molecule has 0 spiro atoms.